The molecule has 40 heavy (non-hydrogen) atoms. The summed E-state index contributed by atoms with van der Waals surface area (Å²) in [6, 6.07) is 9.58. The molecule has 2 unspecified atom stereocenters. The molecule has 1 aromatic heterocycles. The number of nitrogens with zero attached hydrogens (tertiary/aromatic N) is 1. The SMILES string of the molecule is CN1CCC(Nc2cccc3c(CC(F)(F)F)c(C#CCNc4ccc(P(C)C)cc4OC(F)F)sc23)C(F)C1. The Balaban J connectivity index is 1.60. The first-order valence-corrected chi connectivity index (χ1v) is 15.7. The molecule has 2 aromatic carbocycles. The summed E-state index contributed by atoms with van der Waals surface area (Å²) in [7, 11) is 1.31. The minimum atomic E-state index is -4.45. The number of nitrogens with one attached hydrogen (secondary N) is 2. The van der Waals surface area contributed by atoms with Gasteiger partial charge in [-0.25, -0.2) is 4.39 Å². The van der Waals surface area contributed by atoms with Crippen LogP contribution < -0.4 is 20.7 Å². The average Bonchev–Trinajstić information content (AvgIpc) is 3.20. The summed E-state index contributed by atoms with van der Waals surface area (Å²) in [5, 5.41) is 7.45. The molecule has 12 heteroatoms. The largest absolute Gasteiger partial charge is 0.433 e. The monoisotopic (exact) mass is 601 g/mol. The summed E-state index contributed by atoms with van der Waals surface area (Å²) in [5.74, 6) is 5.65. The van der Waals surface area contributed by atoms with E-state index in [0.29, 0.717) is 34.4 Å². The third-order valence-corrected chi connectivity index (χ3v) is 9.06. The number of fused-ring (bicyclic) bond motifs is 1. The molecule has 2 heterocycles. The van der Waals surface area contributed by atoms with E-state index in [1.54, 1.807) is 30.3 Å². The normalized spacial score (nSPS) is 18.2. The Bertz CT molecular complexity index is 1380. The van der Waals surface area contributed by atoms with Crippen LogP contribution in [0.15, 0.2) is 36.4 Å². The van der Waals surface area contributed by atoms with Crippen LogP contribution in [0.25, 0.3) is 10.1 Å². The van der Waals surface area contributed by atoms with Crippen LogP contribution in [-0.2, 0) is 6.42 Å². The van der Waals surface area contributed by atoms with E-state index in [-0.39, 0.29) is 29.3 Å². The van der Waals surface area contributed by atoms with Crippen molar-refractivity contribution in [3.05, 3.63) is 46.8 Å². The van der Waals surface area contributed by atoms with E-state index in [0.717, 1.165) is 16.6 Å². The van der Waals surface area contributed by atoms with Crippen molar-refractivity contribution < 1.29 is 31.1 Å². The van der Waals surface area contributed by atoms with Gasteiger partial charge in [0.2, 0.25) is 0 Å². The number of hydrogen-bond donors (Lipinski definition) is 2. The van der Waals surface area contributed by atoms with Gasteiger partial charge in [0.15, 0.2) is 0 Å². The van der Waals surface area contributed by atoms with Gasteiger partial charge >= 0.3 is 12.8 Å². The molecule has 1 saturated heterocycles. The number of rotatable bonds is 8. The molecule has 1 aliphatic heterocycles. The molecule has 216 valence electrons. The molecular weight excluding hydrogens is 571 g/mol. The maximum atomic E-state index is 14.7. The number of anilines is 2. The standard InChI is InChI=1S/C28H30F6N3OPS/c1-37-13-11-21(20(29)16-37)36-23-7-4-6-18-19(15-28(32,33)34)25(40-26(18)23)8-5-12-35-22-10-9-17(39(2)3)14-24(22)38-27(30)31/h4,6-7,9-10,14,20-21,27,35-36H,11-13,15-16H2,1-3H3. The fraction of sp³-hybridized carbons (Fsp3) is 0.429. The number of hydrogen-bond acceptors (Lipinski definition) is 5. The van der Waals surface area contributed by atoms with Crippen LogP contribution in [0, 0.1) is 11.8 Å². The first-order chi connectivity index (χ1) is 18.9. The maximum Gasteiger partial charge on any atom is 0.393 e. The second kappa shape index (κ2) is 12.9. The maximum absolute atomic E-state index is 14.7. The van der Waals surface area contributed by atoms with Gasteiger partial charge in [-0.1, -0.05) is 38.0 Å². The molecule has 1 fully saturated rings. The summed E-state index contributed by atoms with van der Waals surface area (Å²) in [4.78, 5) is 2.16. The fourth-order valence-corrected chi connectivity index (χ4v) is 6.49. The van der Waals surface area contributed by atoms with Crippen LogP contribution in [0.5, 0.6) is 5.75 Å². The molecule has 2 N–H and O–H groups in total. The number of piperidine rings is 1. The Morgan fingerprint density at radius 1 is 1.18 bits per heavy atom. The van der Waals surface area contributed by atoms with Crippen molar-refractivity contribution in [2.24, 2.45) is 0 Å². The van der Waals surface area contributed by atoms with Gasteiger partial charge in [-0.05, 0) is 61.3 Å². The van der Waals surface area contributed by atoms with Gasteiger partial charge in [-0.3, -0.25) is 0 Å². The smallest absolute Gasteiger partial charge is 0.393 e. The molecule has 0 radical (unpaired) electrons. The van der Waals surface area contributed by atoms with Crippen LogP contribution in [0.4, 0.5) is 37.7 Å². The van der Waals surface area contributed by atoms with E-state index in [1.807, 2.05) is 31.3 Å². The number of ether oxygens (including phenoxy) is 1. The average molecular weight is 602 g/mol. The van der Waals surface area contributed by atoms with Gasteiger partial charge < -0.3 is 20.3 Å². The van der Waals surface area contributed by atoms with Crippen molar-refractivity contribution in [2.45, 2.75) is 37.8 Å². The van der Waals surface area contributed by atoms with E-state index < -0.39 is 39.3 Å². The lowest BCUT2D eigenvalue weighted by atomic mass is 10.0. The van der Waals surface area contributed by atoms with E-state index in [2.05, 4.69) is 27.2 Å². The molecular formula is C28H30F6N3OPS. The van der Waals surface area contributed by atoms with Crippen LogP contribution in [-0.4, -0.2) is 69.9 Å². The lowest BCUT2D eigenvalue weighted by molar-refractivity contribution is -0.126. The second-order valence-corrected chi connectivity index (χ2v) is 13.1. The molecule has 0 aliphatic carbocycles. The van der Waals surface area contributed by atoms with E-state index >= 15 is 0 Å². The van der Waals surface area contributed by atoms with Crippen molar-refractivity contribution >= 4 is 46.0 Å². The molecule has 4 nitrogen and oxygen atoms in total. The topological polar surface area (TPSA) is 36.5 Å². The van der Waals surface area contributed by atoms with Crippen molar-refractivity contribution in [2.75, 3.05) is 50.6 Å². The first kappa shape index (κ1) is 30.3. The Kier molecular flexibility index (Phi) is 9.76. The highest BCUT2D eigenvalue weighted by atomic mass is 32.1. The summed E-state index contributed by atoms with van der Waals surface area (Å²) < 4.78 is 86.4. The number of likely N-dealkylation sites (tertiary alicyclic amines) is 1. The van der Waals surface area contributed by atoms with E-state index in [4.69, 9.17) is 0 Å². The van der Waals surface area contributed by atoms with Crippen molar-refractivity contribution in [3.8, 4) is 17.6 Å². The molecule has 0 saturated carbocycles. The molecule has 3 aromatic rings. The van der Waals surface area contributed by atoms with Crippen molar-refractivity contribution in [1.29, 1.82) is 0 Å². The molecule has 2 atom stereocenters. The third kappa shape index (κ3) is 7.74. The summed E-state index contributed by atoms with van der Waals surface area (Å²) in [6.07, 6.45) is -6.14. The van der Waals surface area contributed by atoms with Crippen molar-refractivity contribution in [1.82, 2.24) is 4.90 Å². The third-order valence-electron chi connectivity index (χ3n) is 6.55. The summed E-state index contributed by atoms with van der Waals surface area (Å²) >= 11 is 1.13. The van der Waals surface area contributed by atoms with Crippen LogP contribution in [0.2, 0.25) is 0 Å². The first-order valence-electron chi connectivity index (χ1n) is 12.6. The van der Waals surface area contributed by atoms with Crippen LogP contribution in [0.3, 0.4) is 0 Å². The van der Waals surface area contributed by atoms with Crippen LogP contribution >= 0.6 is 19.3 Å². The minimum absolute atomic E-state index is 0.00408. The number of alkyl halides is 6. The zero-order valence-corrected chi connectivity index (χ0v) is 23.9. The summed E-state index contributed by atoms with van der Waals surface area (Å²) in [5.41, 5.74) is 0.955. The van der Waals surface area contributed by atoms with Gasteiger partial charge in [0.1, 0.15) is 11.9 Å². The number of halogens is 6. The molecule has 0 bridgehead atoms. The highest BCUT2D eigenvalue weighted by molar-refractivity contribution is 7.64. The van der Waals surface area contributed by atoms with Crippen molar-refractivity contribution in [3.63, 3.8) is 0 Å². The van der Waals surface area contributed by atoms with Gasteiger partial charge in [-0.2, -0.15) is 22.0 Å². The number of thiophene rings is 1. The lowest BCUT2D eigenvalue weighted by Gasteiger charge is -2.33. The molecule has 1 aliphatic rings. The number of benzene rings is 2. The predicted octanol–water partition coefficient (Wildman–Crippen LogP) is 6.89. The predicted molar refractivity (Wildman–Crippen MR) is 153 cm³/mol. The Hall–Kier alpha value is -2.67. The quantitative estimate of drug-likeness (QED) is 0.168. The lowest BCUT2D eigenvalue weighted by Crippen LogP contribution is -2.46. The highest BCUT2D eigenvalue weighted by Crippen LogP contribution is 2.39. The zero-order valence-electron chi connectivity index (χ0n) is 22.2. The Morgan fingerprint density at radius 2 is 1.95 bits per heavy atom. The molecule has 4 rings (SSSR count). The summed E-state index contributed by atoms with van der Waals surface area (Å²) in [6.45, 7) is 1.97. The second-order valence-electron chi connectivity index (χ2n) is 9.81. The van der Waals surface area contributed by atoms with Gasteiger partial charge in [0.25, 0.3) is 0 Å². The van der Waals surface area contributed by atoms with Gasteiger partial charge in [0.05, 0.1) is 40.0 Å². The zero-order chi connectivity index (χ0) is 29.0. The Morgan fingerprint density at radius 3 is 2.62 bits per heavy atom. The van der Waals surface area contributed by atoms with Crippen LogP contribution in [0.1, 0.15) is 16.9 Å². The Labute approximate surface area is 234 Å². The minimum Gasteiger partial charge on any atom is -0.433 e. The van der Waals surface area contributed by atoms with Gasteiger partial charge in [-0.15, -0.1) is 11.3 Å². The molecule has 0 amide bonds. The highest BCUT2D eigenvalue weighted by Gasteiger charge is 2.32. The molecule has 0 spiro atoms. The van der Waals surface area contributed by atoms with E-state index in [9.17, 15) is 26.3 Å². The van der Waals surface area contributed by atoms with E-state index in [1.165, 1.54) is 0 Å². The fourth-order valence-electron chi connectivity index (χ4n) is 4.57. The van der Waals surface area contributed by atoms with Gasteiger partial charge in [0, 0.05) is 13.1 Å².